The molecule has 2 unspecified atom stereocenters. The van der Waals surface area contributed by atoms with Crippen LogP contribution in [0.2, 0.25) is 0 Å². The van der Waals surface area contributed by atoms with Crippen molar-refractivity contribution in [2.45, 2.75) is 45.2 Å². The van der Waals surface area contributed by atoms with E-state index in [9.17, 15) is 0 Å². The van der Waals surface area contributed by atoms with Crippen LogP contribution in [-0.4, -0.2) is 19.2 Å². The first-order chi connectivity index (χ1) is 11.7. The summed E-state index contributed by atoms with van der Waals surface area (Å²) in [6, 6.07) is 17.7. The predicted octanol–water partition coefficient (Wildman–Crippen LogP) is 4.32. The Morgan fingerprint density at radius 1 is 1.21 bits per heavy atom. The van der Waals surface area contributed by atoms with Crippen LogP contribution in [0.3, 0.4) is 0 Å². The van der Waals surface area contributed by atoms with Crippen LogP contribution in [0.4, 0.5) is 5.69 Å². The SMILES string of the molecule is CCCCOc1cccc(C(CN)N2c3ccccc3CC2C)c1. The molecule has 2 aromatic carbocycles. The van der Waals surface area contributed by atoms with Crippen LogP contribution < -0.4 is 15.4 Å². The average Bonchev–Trinajstić information content (AvgIpc) is 2.93. The molecular formula is C21H28N2O. The Hall–Kier alpha value is -2.00. The first kappa shape index (κ1) is 16.8. The largest absolute Gasteiger partial charge is 0.494 e. The average molecular weight is 324 g/mol. The molecule has 2 atom stereocenters. The van der Waals surface area contributed by atoms with Gasteiger partial charge in [0.2, 0.25) is 0 Å². The molecule has 3 heteroatoms. The first-order valence-corrected chi connectivity index (χ1v) is 9.03. The topological polar surface area (TPSA) is 38.5 Å². The third kappa shape index (κ3) is 3.41. The lowest BCUT2D eigenvalue weighted by Gasteiger charge is -2.34. The Bertz CT molecular complexity index is 670. The Labute approximate surface area is 145 Å². The minimum atomic E-state index is 0.179. The fourth-order valence-electron chi connectivity index (χ4n) is 3.62. The number of anilines is 1. The van der Waals surface area contributed by atoms with Gasteiger partial charge in [0.25, 0.3) is 0 Å². The molecule has 1 aliphatic heterocycles. The summed E-state index contributed by atoms with van der Waals surface area (Å²) in [6.07, 6.45) is 3.31. The molecule has 0 saturated carbocycles. The molecule has 0 radical (unpaired) electrons. The van der Waals surface area contributed by atoms with E-state index >= 15 is 0 Å². The van der Waals surface area contributed by atoms with E-state index in [0.717, 1.165) is 31.6 Å². The zero-order valence-corrected chi connectivity index (χ0v) is 14.7. The van der Waals surface area contributed by atoms with Gasteiger partial charge in [0.1, 0.15) is 5.75 Å². The van der Waals surface area contributed by atoms with E-state index in [-0.39, 0.29) is 6.04 Å². The van der Waals surface area contributed by atoms with Gasteiger partial charge in [0, 0.05) is 18.3 Å². The van der Waals surface area contributed by atoms with Crippen molar-refractivity contribution in [1.29, 1.82) is 0 Å². The highest BCUT2D eigenvalue weighted by atomic mass is 16.5. The molecule has 0 amide bonds. The number of hydrogen-bond donors (Lipinski definition) is 1. The molecule has 2 N–H and O–H groups in total. The molecule has 24 heavy (non-hydrogen) atoms. The molecule has 128 valence electrons. The van der Waals surface area contributed by atoms with Gasteiger partial charge in [0.15, 0.2) is 0 Å². The molecule has 0 saturated heterocycles. The molecular weight excluding hydrogens is 296 g/mol. The third-order valence-corrected chi connectivity index (χ3v) is 4.83. The predicted molar refractivity (Wildman–Crippen MR) is 101 cm³/mol. The second-order valence-corrected chi connectivity index (χ2v) is 6.62. The Morgan fingerprint density at radius 2 is 2.04 bits per heavy atom. The summed E-state index contributed by atoms with van der Waals surface area (Å²) >= 11 is 0. The van der Waals surface area contributed by atoms with E-state index in [1.807, 2.05) is 6.07 Å². The summed E-state index contributed by atoms with van der Waals surface area (Å²) < 4.78 is 5.88. The first-order valence-electron chi connectivity index (χ1n) is 9.03. The van der Waals surface area contributed by atoms with Crippen molar-refractivity contribution in [3.63, 3.8) is 0 Å². The molecule has 0 bridgehead atoms. The van der Waals surface area contributed by atoms with Crippen LogP contribution in [0.25, 0.3) is 0 Å². The Balaban J connectivity index is 1.85. The van der Waals surface area contributed by atoms with E-state index < -0.39 is 0 Å². The van der Waals surface area contributed by atoms with E-state index in [2.05, 4.69) is 61.2 Å². The van der Waals surface area contributed by atoms with Gasteiger partial charge in [-0.15, -0.1) is 0 Å². The second kappa shape index (κ2) is 7.71. The van der Waals surface area contributed by atoms with Crippen molar-refractivity contribution < 1.29 is 4.74 Å². The zero-order valence-electron chi connectivity index (χ0n) is 14.7. The maximum absolute atomic E-state index is 6.19. The summed E-state index contributed by atoms with van der Waals surface area (Å²) in [4.78, 5) is 2.47. The summed E-state index contributed by atoms with van der Waals surface area (Å²) in [7, 11) is 0. The minimum Gasteiger partial charge on any atom is -0.494 e. The van der Waals surface area contributed by atoms with Gasteiger partial charge in [-0.3, -0.25) is 0 Å². The van der Waals surface area contributed by atoms with Gasteiger partial charge in [-0.1, -0.05) is 43.7 Å². The highest BCUT2D eigenvalue weighted by Gasteiger charge is 2.31. The van der Waals surface area contributed by atoms with Crippen LogP contribution in [-0.2, 0) is 6.42 Å². The summed E-state index contributed by atoms with van der Waals surface area (Å²) in [5.74, 6) is 0.944. The van der Waals surface area contributed by atoms with Crippen molar-refractivity contribution >= 4 is 5.69 Å². The maximum Gasteiger partial charge on any atom is 0.119 e. The quantitative estimate of drug-likeness (QED) is 0.771. The minimum absolute atomic E-state index is 0.179. The normalized spacial score (nSPS) is 17.6. The van der Waals surface area contributed by atoms with Gasteiger partial charge in [0.05, 0.1) is 12.6 Å². The van der Waals surface area contributed by atoms with Gasteiger partial charge < -0.3 is 15.4 Å². The van der Waals surface area contributed by atoms with E-state index in [1.165, 1.54) is 16.8 Å². The monoisotopic (exact) mass is 324 g/mol. The number of nitrogens with zero attached hydrogens (tertiary/aromatic N) is 1. The number of ether oxygens (including phenoxy) is 1. The van der Waals surface area contributed by atoms with Crippen molar-refractivity contribution in [3.8, 4) is 5.75 Å². The van der Waals surface area contributed by atoms with Crippen molar-refractivity contribution in [3.05, 3.63) is 59.7 Å². The number of benzene rings is 2. The number of fused-ring (bicyclic) bond motifs is 1. The van der Waals surface area contributed by atoms with Crippen molar-refractivity contribution in [2.75, 3.05) is 18.1 Å². The molecule has 3 nitrogen and oxygen atoms in total. The summed E-state index contributed by atoms with van der Waals surface area (Å²) in [6.45, 7) is 5.83. The lowest BCUT2D eigenvalue weighted by molar-refractivity contribution is 0.309. The van der Waals surface area contributed by atoms with Crippen LogP contribution in [0, 0.1) is 0 Å². The molecule has 2 aromatic rings. The molecule has 0 fully saturated rings. The summed E-state index contributed by atoms with van der Waals surface area (Å²) in [5, 5.41) is 0. The molecule has 1 aliphatic rings. The van der Waals surface area contributed by atoms with E-state index in [4.69, 9.17) is 10.5 Å². The number of para-hydroxylation sites is 1. The van der Waals surface area contributed by atoms with E-state index in [1.54, 1.807) is 0 Å². The number of nitrogens with two attached hydrogens (primary N) is 1. The van der Waals surface area contributed by atoms with Crippen LogP contribution in [0.15, 0.2) is 48.5 Å². The lowest BCUT2D eigenvalue weighted by Crippen LogP contribution is -2.37. The molecule has 1 heterocycles. The molecule has 3 rings (SSSR count). The lowest BCUT2D eigenvalue weighted by atomic mass is 10.0. The highest BCUT2D eigenvalue weighted by molar-refractivity contribution is 5.61. The summed E-state index contributed by atoms with van der Waals surface area (Å²) in [5.41, 5.74) is 10.2. The standard InChI is InChI=1S/C21H28N2O/c1-3-4-12-24-19-10-7-9-18(14-19)21(15-22)23-16(2)13-17-8-5-6-11-20(17)23/h5-11,14,16,21H,3-4,12-13,15,22H2,1-2H3. The highest BCUT2D eigenvalue weighted by Crippen LogP contribution is 2.38. The second-order valence-electron chi connectivity index (χ2n) is 6.62. The number of unbranched alkanes of at least 4 members (excludes halogenated alkanes) is 1. The number of rotatable bonds is 7. The third-order valence-electron chi connectivity index (χ3n) is 4.83. The van der Waals surface area contributed by atoms with Crippen LogP contribution in [0.5, 0.6) is 5.75 Å². The molecule has 0 aliphatic carbocycles. The molecule has 0 spiro atoms. The smallest absolute Gasteiger partial charge is 0.119 e. The zero-order chi connectivity index (χ0) is 16.9. The Kier molecular flexibility index (Phi) is 5.41. The van der Waals surface area contributed by atoms with E-state index in [0.29, 0.717) is 12.6 Å². The molecule has 0 aromatic heterocycles. The fourth-order valence-corrected chi connectivity index (χ4v) is 3.62. The van der Waals surface area contributed by atoms with Gasteiger partial charge in [-0.25, -0.2) is 0 Å². The van der Waals surface area contributed by atoms with Gasteiger partial charge >= 0.3 is 0 Å². The maximum atomic E-state index is 6.19. The number of hydrogen-bond acceptors (Lipinski definition) is 3. The van der Waals surface area contributed by atoms with Crippen LogP contribution in [0.1, 0.15) is 43.9 Å². The van der Waals surface area contributed by atoms with Crippen molar-refractivity contribution in [2.24, 2.45) is 5.73 Å². The Morgan fingerprint density at radius 3 is 2.83 bits per heavy atom. The van der Waals surface area contributed by atoms with Gasteiger partial charge in [-0.2, -0.15) is 0 Å². The van der Waals surface area contributed by atoms with Crippen molar-refractivity contribution in [1.82, 2.24) is 0 Å². The van der Waals surface area contributed by atoms with Gasteiger partial charge in [-0.05, 0) is 49.1 Å². The fraction of sp³-hybridized carbons (Fsp3) is 0.429. The van der Waals surface area contributed by atoms with Crippen LogP contribution >= 0.6 is 0 Å².